The minimum atomic E-state index is -0.482. The molecule has 1 saturated heterocycles. The third-order valence-corrected chi connectivity index (χ3v) is 3.99. The molecule has 1 atom stereocenters. The predicted molar refractivity (Wildman–Crippen MR) is 87.1 cm³/mol. The Hall–Kier alpha value is -2.67. The van der Waals surface area contributed by atoms with E-state index in [1.54, 1.807) is 18.2 Å². The van der Waals surface area contributed by atoms with Crippen molar-refractivity contribution in [3.05, 3.63) is 47.2 Å². The van der Waals surface area contributed by atoms with Crippen LogP contribution in [0, 0.1) is 0 Å². The first kappa shape index (κ1) is 16.2. The molecule has 7 nitrogen and oxygen atoms in total. The minimum Gasteiger partial charge on any atom is -0.465 e. The van der Waals surface area contributed by atoms with Crippen molar-refractivity contribution in [3.8, 4) is 0 Å². The monoisotopic (exact) mass is 329 g/mol. The number of anilines is 1. The molecule has 1 amide bonds. The van der Waals surface area contributed by atoms with E-state index in [1.165, 1.54) is 13.2 Å². The molecule has 0 radical (unpaired) electrons. The number of ether oxygens (including phenoxy) is 2. The van der Waals surface area contributed by atoms with Crippen LogP contribution in [0.4, 0.5) is 5.82 Å². The number of esters is 1. The molecule has 3 rings (SSSR count). The highest BCUT2D eigenvalue weighted by atomic mass is 16.5. The number of aromatic nitrogens is 2. The lowest BCUT2D eigenvalue weighted by atomic mass is 9.99. The number of methoxy groups -OCH3 is 1. The largest absolute Gasteiger partial charge is 0.465 e. The number of carbonyl (C=O) groups is 2. The predicted octanol–water partition coefficient (Wildman–Crippen LogP) is 2.34. The fourth-order valence-electron chi connectivity index (χ4n) is 2.69. The number of hydrogen-bond acceptors (Lipinski definition) is 5. The van der Waals surface area contributed by atoms with Crippen LogP contribution in [-0.2, 0) is 9.47 Å². The normalized spacial score (nSPS) is 17.3. The first-order chi connectivity index (χ1) is 11.7. The molecule has 1 aromatic carbocycles. The smallest absolute Gasteiger partial charge is 0.337 e. The van der Waals surface area contributed by atoms with E-state index in [0.717, 1.165) is 25.1 Å². The van der Waals surface area contributed by atoms with Crippen molar-refractivity contribution in [2.75, 3.05) is 25.6 Å². The van der Waals surface area contributed by atoms with Gasteiger partial charge in [0.05, 0.1) is 19.3 Å². The average Bonchev–Trinajstić information content (AvgIpc) is 3.10. The lowest BCUT2D eigenvalue weighted by Gasteiger charge is -2.20. The third kappa shape index (κ3) is 3.62. The van der Waals surface area contributed by atoms with Crippen LogP contribution < -0.4 is 5.32 Å². The second-order valence-electron chi connectivity index (χ2n) is 5.65. The standard InChI is InChI=1S/C17H19N3O4/c1-23-17(22)12-5-2-4-11(8-12)16(21)18-15-9-14(19-20-15)13-6-3-7-24-10-13/h2,4-5,8-9,13H,3,6-7,10H2,1H3,(H2,18,19,20,21)/t13-/m0/s1. The first-order valence-corrected chi connectivity index (χ1v) is 7.80. The van der Waals surface area contributed by atoms with Crippen molar-refractivity contribution < 1.29 is 19.1 Å². The Bertz CT molecular complexity index is 735. The molecule has 0 spiro atoms. The highest BCUT2D eigenvalue weighted by molar-refractivity contribution is 6.05. The zero-order chi connectivity index (χ0) is 16.9. The number of rotatable bonds is 4. The van der Waals surface area contributed by atoms with E-state index in [-0.39, 0.29) is 11.8 Å². The first-order valence-electron chi connectivity index (χ1n) is 7.80. The second-order valence-corrected chi connectivity index (χ2v) is 5.65. The molecule has 2 heterocycles. The molecule has 126 valence electrons. The van der Waals surface area contributed by atoms with E-state index in [0.29, 0.717) is 23.6 Å². The van der Waals surface area contributed by atoms with Gasteiger partial charge in [0.25, 0.3) is 5.91 Å². The van der Waals surface area contributed by atoms with E-state index >= 15 is 0 Å². The third-order valence-electron chi connectivity index (χ3n) is 3.99. The van der Waals surface area contributed by atoms with E-state index in [4.69, 9.17) is 4.74 Å². The maximum atomic E-state index is 12.3. The molecular weight excluding hydrogens is 310 g/mol. The average molecular weight is 329 g/mol. The van der Waals surface area contributed by atoms with Gasteiger partial charge in [0.15, 0.2) is 5.82 Å². The summed E-state index contributed by atoms with van der Waals surface area (Å²) in [6.45, 7) is 1.46. The number of benzene rings is 1. The Labute approximate surface area is 139 Å². The van der Waals surface area contributed by atoms with Crippen LogP contribution in [0.3, 0.4) is 0 Å². The van der Waals surface area contributed by atoms with Gasteiger partial charge in [-0.05, 0) is 31.0 Å². The van der Waals surface area contributed by atoms with Crippen molar-refractivity contribution >= 4 is 17.7 Å². The number of aromatic amines is 1. The van der Waals surface area contributed by atoms with Crippen molar-refractivity contribution in [2.24, 2.45) is 0 Å². The van der Waals surface area contributed by atoms with Crippen LogP contribution in [0.25, 0.3) is 0 Å². The van der Waals surface area contributed by atoms with Crippen molar-refractivity contribution in [1.82, 2.24) is 10.2 Å². The molecule has 1 fully saturated rings. The number of H-pyrrole nitrogens is 1. The number of nitrogens with zero attached hydrogens (tertiary/aromatic N) is 1. The maximum absolute atomic E-state index is 12.3. The second kappa shape index (κ2) is 7.27. The summed E-state index contributed by atoms with van der Waals surface area (Å²) in [6, 6.07) is 8.17. The highest BCUT2D eigenvalue weighted by Crippen LogP contribution is 2.25. The van der Waals surface area contributed by atoms with Gasteiger partial charge in [-0.15, -0.1) is 0 Å². The molecule has 24 heavy (non-hydrogen) atoms. The van der Waals surface area contributed by atoms with Gasteiger partial charge in [0.1, 0.15) is 0 Å². The molecular formula is C17H19N3O4. The summed E-state index contributed by atoms with van der Waals surface area (Å²) in [5.41, 5.74) is 1.64. The number of amides is 1. The molecule has 0 saturated carbocycles. The molecule has 1 aliphatic rings. The Kier molecular flexibility index (Phi) is 4.90. The summed E-state index contributed by atoms with van der Waals surface area (Å²) in [4.78, 5) is 23.9. The zero-order valence-corrected chi connectivity index (χ0v) is 13.4. The summed E-state index contributed by atoms with van der Waals surface area (Å²) >= 11 is 0. The van der Waals surface area contributed by atoms with Crippen LogP contribution in [0.5, 0.6) is 0 Å². The van der Waals surface area contributed by atoms with E-state index in [9.17, 15) is 9.59 Å². The summed E-state index contributed by atoms with van der Waals surface area (Å²) < 4.78 is 10.1. The van der Waals surface area contributed by atoms with E-state index in [2.05, 4.69) is 20.3 Å². The molecule has 7 heteroatoms. The lowest BCUT2D eigenvalue weighted by Crippen LogP contribution is -2.15. The van der Waals surface area contributed by atoms with Crippen LogP contribution in [0.1, 0.15) is 45.2 Å². The quantitative estimate of drug-likeness (QED) is 0.840. The minimum absolute atomic E-state index is 0.277. The number of nitrogens with one attached hydrogen (secondary N) is 2. The molecule has 0 bridgehead atoms. The fourth-order valence-corrected chi connectivity index (χ4v) is 2.69. The molecule has 0 unspecified atom stereocenters. The number of carbonyl (C=O) groups excluding carboxylic acids is 2. The summed E-state index contributed by atoms with van der Waals surface area (Å²) in [6.07, 6.45) is 2.06. The van der Waals surface area contributed by atoms with Crippen molar-refractivity contribution in [1.29, 1.82) is 0 Å². The van der Waals surface area contributed by atoms with Gasteiger partial charge >= 0.3 is 5.97 Å². The van der Waals surface area contributed by atoms with Gasteiger partial charge in [0.2, 0.25) is 0 Å². The number of hydrogen-bond donors (Lipinski definition) is 2. The summed E-state index contributed by atoms with van der Waals surface area (Å²) in [5.74, 6) is -0.0914. The Morgan fingerprint density at radius 1 is 1.33 bits per heavy atom. The van der Waals surface area contributed by atoms with Crippen molar-refractivity contribution in [3.63, 3.8) is 0 Å². The van der Waals surface area contributed by atoms with E-state index < -0.39 is 5.97 Å². The molecule has 0 aliphatic carbocycles. The van der Waals surface area contributed by atoms with Gasteiger partial charge in [-0.25, -0.2) is 4.79 Å². The van der Waals surface area contributed by atoms with Crippen LogP contribution in [0.15, 0.2) is 30.3 Å². The Balaban J connectivity index is 1.68. The van der Waals surface area contributed by atoms with Gasteiger partial charge in [-0.1, -0.05) is 6.07 Å². The Morgan fingerprint density at radius 2 is 2.17 bits per heavy atom. The van der Waals surface area contributed by atoms with Crippen LogP contribution >= 0.6 is 0 Å². The van der Waals surface area contributed by atoms with Gasteiger partial charge < -0.3 is 14.8 Å². The fraction of sp³-hybridized carbons (Fsp3) is 0.353. The van der Waals surface area contributed by atoms with Crippen LogP contribution in [0.2, 0.25) is 0 Å². The summed E-state index contributed by atoms with van der Waals surface area (Å²) in [7, 11) is 1.30. The van der Waals surface area contributed by atoms with Crippen molar-refractivity contribution in [2.45, 2.75) is 18.8 Å². The van der Waals surface area contributed by atoms with Gasteiger partial charge in [-0.3, -0.25) is 9.89 Å². The Morgan fingerprint density at radius 3 is 2.92 bits per heavy atom. The molecule has 1 aromatic heterocycles. The van der Waals surface area contributed by atoms with Crippen LogP contribution in [-0.4, -0.2) is 42.4 Å². The highest BCUT2D eigenvalue weighted by Gasteiger charge is 2.19. The van der Waals surface area contributed by atoms with Gasteiger partial charge in [0, 0.05) is 29.8 Å². The SMILES string of the molecule is COC(=O)c1cccc(C(=O)Nc2cc([C@H]3CCCOC3)[nH]n2)c1. The lowest BCUT2D eigenvalue weighted by molar-refractivity contribution is 0.0600. The maximum Gasteiger partial charge on any atom is 0.337 e. The van der Waals surface area contributed by atoms with Gasteiger partial charge in [-0.2, -0.15) is 5.10 Å². The molecule has 1 aliphatic heterocycles. The molecule has 2 N–H and O–H groups in total. The molecule has 2 aromatic rings. The van der Waals surface area contributed by atoms with E-state index in [1.807, 2.05) is 6.07 Å². The topological polar surface area (TPSA) is 93.3 Å². The summed E-state index contributed by atoms with van der Waals surface area (Å²) in [5, 5.41) is 9.81. The zero-order valence-electron chi connectivity index (χ0n) is 13.4.